The summed E-state index contributed by atoms with van der Waals surface area (Å²) in [6.45, 7) is 2.12. The summed E-state index contributed by atoms with van der Waals surface area (Å²) >= 11 is 0. The molecule has 144 valence electrons. The number of benzene rings is 2. The van der Waals surface area contributed by atoms with Crippen molar-refractivity contribution in [2.24, 2.45) is 0 Å². The van der Waals surface area contributed by atoms with Crippen LogP contribution in [0, 0.1) is 0 Å². The second-order valence-corrected chi connectivity index (χ2v) is 5.98. The summed E-state index contributed by atoms with van der Waals surface area (Å²) in [7, 11) is 0. The van der Waals surface area contributed by atoms with Crippen molar-refractivity contribution in [1.29, 1.82) is 0 Å². The highest BCUT2D eigenvalue weighted by Crippen LogP contribution is 2.21. The predicted molar refractivity (Wildman–Crippen MR) is 103 cm³/mol. The van der Waals surface area contributed by atoms with Gasteiger partial charge in [-0.3, -0.25) is 4.79 Å². The van der Waals surface area contributed by atoms with E-state index in [1.807, 2.05) is 13.0 Å². The maximum atomic E-state index is 12.1. The molecule has 0 aliphatic heterocycles. The Bertz CT molecular complexity index is 1040. The van der Waals surface area contributed by atoms with E-state index in [0.29, 0.717) is 17.7 Å². The van der Waals surface area contributed by atoms with Crippen LogP contribution in [0.4, 0.5) is 0 Å². The zero-order chi connectivity index (χ0) is 19.9. The van der Waals surface area contributed by atoms with Gasteiger partial charge < -0.3 is 19.2 Å². The first kappa shape index (κ1) is 19.2. The molecule has 0 atom stereocenters. The Morgan fingerprint density at radius 3 is 2.57 bits per heavy atom. The number of amides is 1. The molecule has 0 saturated heterocycles. The minimum Gasteiger partial charge on any atom is -0.482 e. The number of hydrogen-bond acceptors (Lipinski definition) is 6. The zero-order valence-electron chi connectivity index (χ0n) is 15.3. The van der Waals surface area contributed by atoms with Crippen molar-refractivity contribution in [3.05, 3.63) is 70.6 Å². The van der Waals surface area contributed by atoms with Crippen LogP contribution >= 0.6 is 0 Å². The molecular weight excluding hydrogens is 362 g/mol. The van der Waals surface area contributed by atoms with Crippen LogP contribution in [-0.4, -0.2) is 25.0 Å². The first-order valence-electron chi connectivity index (χ1n) is 8.81. The Kier molecular flexibility index (Phi) is 6.06. The number of fused-ring (bicyclic) bond motifs is 1. The molecule has 0 aliphatic carbocycles. The van der Waals surface area contributed by atoms with Crippen molar-refractivity contribution >= 4 is 22.8 Å². The summed E-state index contributed by atoms with van der Waals surface area (Å²) < 4.78 is 15.7. The molecule has 7 nitrogen and oxygen atoms in total. The van der Waals surface area contributed by atoms with E-state index in [-0.39, 0.29) is 23.5 Å². The van der Waals surface area contributed by atoms with Crippen LogP contribution < -0.4 is 20.4 Å². The first-order chi connectivity index (χ1) is 13.6. The van der Waals surface area contributed by atoms with Crippen molar-refractivity contribution in [3.8, 4) is 11.5 Å². The molecule has 2 aromatic carbocycles. The molecular formula is C21H19NO6. The molecule has 1 N–H and O–H groups in total. The lowest BCUT2D eigenvalue weighted by Gasteiger charge is -2.08. The van der Waals surface area contributed by atoms with Gasteiger partial charge in [-0.1, -0.05) is 25.1 Å². The molecule has 3 rings (SSSR count). The van der Waals surface area contributed by atoms with E-state index in [1.54, 1.807) is 36.4 Å². The minimum atomic E-state index is -0.753. The number of rotatable bonds is 7. The van der Waals surface area contributed by atoms with Gasteiger partial charge in [0.2, 0.25) is 0 Å². The second kappa shape index (κ2) is 8.85. The fourth-order valence-corrected chi connectivity index (χ4v) is 2.47. The highest BCUT2D eigenvalue weighted by Gasteiger charge is 2.14. The van der Waals surface area contributed by atoms with Crippen molar-refractivity contribution in [2.75, 3.05) is 13.2 Å². The fraction of sp³-hybridized carbons (Fsp3) is 0.190. The molecule has 1 aromatic heterocycles. The van der Waals surface area contributed by atoms with Crippen LogP contribution in [0.1, 0.15) is 23.7 Å². The van der Waals surface area contributed by atoms with Crippen LogP contribution in [0.5, 0.6) is 11.5 Å². The topological polar surface area (TPSA) is 94.8 Å². The van der Waals surface area contributed by atoms with E-state index in [1.165, 1.54) is 12.1 Å². The number of nitrogens with one attached hydrogen (secondary N) is 1. The van der Waals surface area contributed by atoms with Gasteiger partial charge >= 0.3 is 11.6 Å². The third-order valence-electron chi connectivity index (χ3n) is 3.82. The predicted octanol–water partition coefficient (Wildman–Crippen LogP) is 2.92. The summed E-state index contributed by atoms with van der Waals surface area (Å²) in [4.78, 5) is 36.0. The smallest absolute Gasteiger partial charge is 0.349 e. The van der Waals surface area contributed by atoms with Gasteiger partial charge in [-0.25, -0.2) is 9.59 Å². The van der Waals surface area contributed by atoms with Gasteiger partial charge in [0.1, 0.15) is 22.6 Å². The SMILES string of the molecule is CCCNC(=O)c1cc2ccc(OC(=O)COc3ccccc3)cc2oc1=O. The van der Waals surface area contributed by atoms with E-state index in [4.69, 9.17) is 13.9 Å². The standard InChI is InChI=1S/C21H19NO6/c1-2-10-22-20(24)17-11-14-8-9-16(12-18(14)28-21(17)25)27-19(23)13-26-15-6-4-3-5-7-15/h3-9,11-12H,2,10,13H2,1H3,(H,22,24). The number of carbonyl (C=O) groups excluding carboxylic acids is 2. The number of esters is 1. The Morgan fingerprint density at radius 1 is 1.04 bits per heavy atom. The van der Waals surface area contributed by atoms with Crippen molar-refractivity contribution in [1.82, 2.24) is 5.32 Å². The molecule has 1 heterocycles. The average Bonchev–Trinajstić information content (AvgIpc) is 2.70. The summed E-state index contributed by atoms with van der Waals surface area (Å²) in [5.41, 5.74) is -0.606. The summed E-state index contributed by atoms with van der Waals surface area (Å²) in [6, 6.07) is 14.9. The molecule has 0 unspecified atom stereocenters. The van der Waals surface area contributed by atoms with Gasteiger partial charge in [-0.15, -0.1) is 0 Å². The largest absolute Gasteiger partial charge is 0.482 e. The molecule has 0 fully saturated rings. The lowest BCUT2D eigenvalue weighted by Crippen LogP contribution is -2.28. The van der Waals surface area contributed by atoms with Crippen LogP contribution in [0.25, 0.3) is 11.0 Å². The minimum absolute atomic E-state index is 0.0676. The maximum absolute atomic E-state index is 12.1. The summed E-state index contributed by atoms with van der Waals surface area (Å²) in [5, 5.41) is 3.18. The van der Waals surface area contributed by atoms with Crippen LogP contribution in [0.2, 0.25) is 0 Å². The Labute approximate surface area is 160 Å². The molecule has 0 aliphatic rings. The molecule has 1 amide bonds. The Hall–Kier alpha value is -3.61. The number of para-hydroxylation sites is 1. The summed E-state index contributed by atoms with van der Waals surface area (Å²) in [5.74, 6) is -0.314. The van der Waals surface area contributed by atoms with Gasteiger partial charge in [0, 0.05) is 18.0 Å². The summed E-state index contributed by atoms with van der Waals surface area (Å²) in [6.07, 6.45) is 0.757. The van der Waals surface area contributed by atoms with Crippen LogP contribution in [-0.2, 0) is 4.79 Å². The van der Waals surface area contributed by atoms with Crippen molar-refractivity contribution in [2.45, 2.75) is 13.3 Å². The molecule has 3 aromatic rings. The van der Waals surface area contributed by atoms with Gasteiger partial charge in [-0.05, 0) is 36.8 Å². The second-order valence-electron chi connectivity index (χ2n) is 5.98. The molecule has 7 heteroatoms. The lowest BCUT2D eigenvalue weighted by atomic mass is 10.1. The monoisotopic (exact) mass is 381 g/mol. The molecule has 28 heavy (non-hydrogen) atoms. The number of ether oxygens (including phenoxy) is 2. The van der Waals surface area contributed by atoms with Crippen molar-refractivity contribution in [3.63, 3.8) is 0 Å². The van der Waals surface area contributed by atoms with Gasteiger partial charge in [0.15, 0.2) is 6.61 Å². The van der Waals surface area contributed by atoms with Gasteiger partial charge in [0.25, 0.3) is 5.91 Å². The molecule has 0 saturated carbocycles. The van der Waals surface area contributed by atoms with Crippen LogP contribution in [0.3, 0.4) is 0 Å². The average molecular weight is 381 g/mol. The quantitative estimate of drug-likeness (QED) is 0.384. The normalized spacial score (nSPS) is 10.5. The Morgan fingerprint density at radius 2 is 1.82 bits per heavy atom. The van der Waals surface area contributed by atoms with Gasteiger partial charge in [0.05, 0.1) is 0 Å². The van der Waals surface area contributed by atoms with Crippen molar-refractivity contribution < 1.29 is 23.5 Å². The third kappa shape index (κ3) is 4.76. The van der Waals surface area contributed by atoms with Crippen LogP contribution in [0.15, 0.2) is 63.8 Å². The molecule has 0 radical (unpaired) electrons. The van der Waals surface area contributed by atoms with E-state index in [9.17, 15) is 14.4 Å². The molecule has 0 bridgehead atoms. The number of carbonyl (C=O) groups is 2. The van der Waals surface area contributed by atoms with E-state index < -0.39 is 17.5 Å². The maximum Gasteiger partial charge on any atom is 0.349 e. The van der Waals surface area contributed by atoms with E-state index in [2.05, 4.69) is 5.32 Å². The molecule has 0 spiro atoms. The third-order valence-corrected chi connectivity index (χ3v) is 3.82. The lowest BCUT2D eigenvalue weighted by molar-refractivity contribution is -0.136. The first-order valence-corrected chi connectivity index (χ1v) is 8.81. The zero-order valence-corrected chi connectivity index (χ0v) is 15.3. The highest BCUT2D eigenvalue weighted by atomic mass is 16.6. The number of hydrogen-bond donors (Lipinski definition) is 1. The van der Waals surface area contributed by atoms with E-state index in [0.717, 1.165) is 6.42 Å². The Balaban J connectivity index is 1.70. The fourth-order valence-electron chi connectivity index (χ4n) is 2.47. The highest BCUT2D eigenvalue weighted by molar-refractivity contribution is 5.96. The van der Waals surface area contributed by atoms with Gasteiger partial charge in [-0.2, -0.15) is 0 Å². The van der Waals surface area contributed by atoms with E-state index >= 15 is 0 Å².